The number of ether oxygens (including phenoxy) is 2. The van der Waals surface area contributed by atoms with Crippen molar-refractivity contribution in [2.24, 2.45) is 0 Å². The molecule has 0 spiro atoms. The Morgan fingerprint density at radius 3 is 2.55 bits per heavy atom. The molecule has 0 bridgehead atoms. The first-order chi connectivity index (χ1) is 20.2. The second-order valence-electron chi connectivity index (χ2n) is 10.3. The Bertz CT molecular complexity index is 1820. The molecule has 1 N–H and O–H groups in total. The highest BCUT2D eigenvalue weighted by molar-refractivity contribution is 5.92. The maximum Gasteiger partial charge on any atom is 0.335 e. The van der Waals surface area contributed by atoms with E-state index in [2.05, 4.69) is 4.98 Å². The third kappa shape index (κ3) is 5.58. The zero-order valence-corrected chi connectivity index (χ0v) is 22.6. The van der Waals surface area contributed by atoms with Gasteiger partial charge in [-0.25, -0.2) is 27.9 Å². The van der Waals surface area contributed by atoms with E-state index in [1.54, 1.807) is 43.3 Å². The molecule has 42 heavy (non-hydrogen) atoms. The summed E-state index contributed by atoms with van der Waals surface area (Å²) in [6, 6.07) is 16.5. The number of imidazole rings is 1. The van der Waals surface area contributed by atoms with Crippen LogP contribution in [0.4, 0.5) is 13.2 Å². The summed E-state index contributed by atoms with van der Waals surface area (Å²) in [5.41, 5.74) is 3.40. The Morgan fingerprint density at radius 2 is 1.83 bits per heavy atom. The van der Waals surface area contributed by atoms with Crippen LogP contribution < -0.4 is 4.74 Å². The number of rotatable bonds is 9. The molecule has 1 aliphatic rings. The maximum atomic E-state index is 15.4. The fraction of sp³-hybridized carbons (Fsp3) is 0.219. The van der Waals surface area contributed by atoms with Crippen LogP contribution in [0.25, 0.3) is 22.3 Å². The Kier molecular flexibility index (Phi) is 7.38. The van der Waals surface area contributed by atoms with Crippen LogP contribution in [0.15, 0.2) is 66.7 Å². The average molecular weight is 574 g/mol. The molecule has 5 aromatic rings. The van der Waals surface area contributed by atoms with Crippen molar-refractivity contribution in [3.63, 3.8) is 0 Å². The van der Waals surface area contributed by atoms with Gasteiger partial charge >= 0.3 is 5.97 Å². The molecular weight excluding hydrogens is 547 g/mol. The molecule has 1 atom stereocenters. The van der Waals surface area contributed by atoms with Crippen molar-refractivity contribution >= 4 is 17.0 Å². The molecule has 6 rings (SSSR count). The number of aryl methyl sites for hydroxylation is 1. The second kappa shape index (κ2) is 11.3. The van der Waals surface area contributed by atoms with Crippen LogP contribution in [-0.4, -0.2) is 38.3 Å². The number of nitrogens with zero attached hydrogens (tertiary/aromatic N) is 3. The Labute approximate surface area is 239 Å². The molecule has 7 nitrogen and oxygen atoms in total. The number of benzene rings is 3. The highest BCUT2D eigenvalue weighted by Gasteiger charge is 2.23. The molecule has 0 unspecified atom stereocenters. The number of carbonyl (C=O) groups is 1. The normalized spacial score (nSPS) is 14.6. The number of fused-ring (bicyclic) bond motifs is 1. The van der Waals surface area contributed by atoms with E-state index in [1.165, 1.54) is 24.3 Å². The highest BCUT2D eigenvalue weighted by Crippen LogP contribution is 2.28. The van der Waals surface area contributed by atoms with E-state index >= 15 is 4.39 Å². The van der Waals surface area contributed by atoms with Gasteiger partial charge in [0.2, 0.25) is 0 Å². The summed E-state index contributed by atoms with van der Waals surface area (Å²) in [6.45, 7) is 2.70. The minimum absolute atomic E-state index is 0.00258. The van der Waals surface area contributed by atoms with Gasteiger partial charge in [-0.2, -0.15) is 0 Å². The summed E-state index contributed by atoms with van der Waals surface area (Å²) in [4.78, 5) is 20.4. The van der Waals surface area contributed by atoms with Crippen LogP contribution >= 0.6 is 0 Å². The lowest BCUT2D eigenvalue weighted by Crippen LogP contribution is -2.31. The largest absolute Gasteiger partial charge is 0.478 e. The monoisotopic (exact) mass is 573 g/mol. The summed E-state index contributed by atoms with van der Waals surface area (Å²) < 4.78 is 57.0. The van der Waals surface area contributed by atoms with Gasteiger partial charge in [0.1, 0.15) is 24.1 Å². The predicted molar refractivity (Wildman–Crippen MR) is 149 cm³/mol. The summed E-state index contributed by atoms with van der Waals surface area (Å²) in [6.07, 6.45) is 1.17. The fourth-order valence-electron chi connectivity index (χ4n) is 4.93. The third-order valence-corrected chi connectivity index (χ3v) is 7.31. The smallest absolute Gasteiger partial charge is 0.335 e. The van der Waals surface area contributed by atoms with Crippen LogP contribution in [0.2, 0.25) is 0 Å². The van der Waals surface area contributed by atoms with E-state index in [1.807, 2.05) is 4.57 Å². The minimum atomic E-state index is -1.03. The van der Waals surface area contributed by atoms with Gasteiger partial charge in [-0.05, 0) is 73.0 Å². The van der Waals surface area contributed by atoms with E-state index in [0.717, 1.165) is 18.1 Å². The van der Waals surface area contributed by atoms with Crippen molar-refractivity contribution in [3.05, 3.63) is 112 Å². The number of halogens is 3. The van der Waals surface area contributed by atoms with E-state index < -0.39 is 23.4 Å². The Morgan fingerprint density at radius 1 is 1.00 bits per heavy atom. The first kappa shape index (κ1) is 27.5. The zero-order chi connectivity index (χ0) is 29.4. The number of carboxylic acids is 1. The molecule has 1 fully saturated rings. The van der Waals surface area contributed by atoms with Crippen LogP contribution in [0.3, 0.4) is 0 Å². The first-order valence-electron chi connectivity index (χ1n) is 13.4. The predicted octanol–water partition coefficient (Wildman–Crippen LogP) is 6.48. The Hall–Kier alpha value is -4.70. The van der Waals surface area contributed by atoms with Crippen molar-refractivity contribution in [3.8, 4) is 17.1 Å². The molecule has 10 heteroatoms. The van der Waals surface area contributed by atoms with Gasteiger partial charge in [0, 0.05) is 24.2 Å². The number of aromatic nitrogens is 3. The summed E-state index contributed by atoms with van der Waals surface area (Å²) >= 11 is 0. The molecular formula is C32H26F3N3O4. The average Bonchev–Trinajstić information content (AvgIpc) is 3.27. The number of aromatic carboxylic acids is 1. The molecule has 3 heterocycles. The van der Waals surface area contributed by atoms with E-state index in [4.69, 9.17) is 14.5 Å². The van der Waals surface area contributed by atoms with Crippen molar-refractivity contribution in [2.45, 2.75) is 39.0 Å². The van der Waals surface area contributed by atoms with Gasteiger partial charge in [0.25, 0.3) is 5.88 Å². The van der Waals surface area contributed by atoms with Gasteiger partial charge in [0.15, 0.2) is 5.82 Å². The first-order valence-corrected chi connectivity index (χ1v) is 13.4. The lowest BCUT2D eigenvalue weighted by Gasteiger charge is -2.27. The number of carboxylic acid groups (broad SMARTS) is 1. The van der Waals surface area contributed by atoms with Crippen LogP contribution in [0.5, 0.6) is 5.88 Å². The van der Waals surface area contributed by atoms with Crippen LogP contribution in [0, 0.1) is 24.4 Å². The molecule has 0 amide bonds. The van der Waals surface area contributed by atoms with Crippen molar-refractivity contribution in [1.82, 2.24) is 14.5 Å². The second-order valence-corrected chi connectivity index (χ2v) is 10.3. The number of pyridine rings is 1. The lowest BCUT2D eigenvalue weighted by molar-refractivity contribution is -0.0589. The zero-order valence-electron chi connectivity index (χ0n) is 22.6. The molecule has 2 aromatic heterocycles. The summed E-state index contributed by atoms with van der Waals surface area (Å²) in [5.74, 6) is -2.53. The van der Waals surface area contributed by atoms with Gasteiger partial charge in [0.05, 0.1) is 34.9 Å². The van der Waals surface area contributed by atoms with E-state index in [9.17, 15) is 18.7 Å². The topological polar surface area (TPSA) is 86.5 Å². The van der Waals surface area contributed by atoms with Gasteiger partial charge < -0.3 is 19.1 Å². The molecule has 214 valence electrons. The standard InChI is InChI=1S/C32H26F3N3O4/c1-18-2-4-21(25(34)12-18)17-42-31-24(33)7-9-27(37-31)23-6-3-19(13-26(23)35)14-30-36-28-8-5-20(32(39)40)15-29(28)38(30)16-22-10-11-41-22/h2-9,12-13,15,22H,10-11,14,16-17H2,1H3,(H,39,40)/t22-/m0/s1. The molecule has 3 aromatic carbocycles. The Balaban J connectivity index is 1.25. The molecule has 0 saturated carbocycles. The molecule has 1 saturated heterocycles. The number of hydrogen-bond acceptors (Lipinski definition) is 5. The number of hydrogen-bond donors (Lipinski definition) is 1. The quantitative estimate of drug-likeness (QED) is 0.217. The summed E-state index contributed by atoms with van der Waals surface area (Å²) in [5, 5.41) is 9.46. The lowest BCUT2D eigenvalue weighted by atomic mass is 10.0. The fourth-order valence-corrected chi connectivity index (χ4v) is 4.93. The molecule has 0 radical (unpaired) electrons. The van der Waals surface area contributed by atoms with Gasteiger partial charge in [-0.15, -0.1) is 0 Å². The maximum absolute atomic E-state index is 15.4. The SMILES string of the molecule is Cc1ccc(COc2nc(-c3ccc(Cc4nc5ccc(C(=O)O)cc5n4C[C@@H]4CCO4)cc3F)ccc2F)c(F)c1. The molecule has 0 aliphatic carbocycles. The third-order valence-electron chi connectivity index (χ3n) is 7.31. The highest BCUT2D eigenvalue weighted by atomic mass is 19.1. The van der Waals surface area contributed by atoms with E-state index in [0.29, 0.717) is 35.6 Å². The van der Waals surface area contributed by atoms with Crippen LogP contribution in [-0.2, 0) is 24.3 Å². The van der Waals surface area contributed by atoms with Crippen LogP contribution in [0.1, 0.15) is 39.3 Å². The van der Waals surface area contributed by atoms with Crippen molar-refractivity contribution < 1.29 is 32.5 Å². The minimum Gasteiger partial charge on any atom is -0.478 e. The van der Waals surface area contributed by atoms with Gasteiger partial charge in [-0.3, -0.25) is 0 Å². The van der Waals surface area contributed by atoms with Crippen molar-refractivity contribution in [2.75, 3.05) is 6.61 Å². The van der Waals surface area contributed by atoms with E-state index in [-0.39, 0.29) is 47.4 Å². The van der Waals surface area contributed by atoms with Gasteiger partial charge in [-0.1, -0.05) is 18.2 Å². The van der Waals surface area contributed by atoms with Crippen molar-refractivity contribution in [1.29, 1.82) is 0 Å². The summed E-state index contributed by atoms with van der Waals surface area (Å²) in [7, 11) is 0. The molecule has 1 aliphatic heterocycles.